The van der Waals surface area contributed by atoms with Gasteiger partial charge in [0.15, 0.2) is 0 Å². The van der Waals surface area contributed by atoms with Gasteiger partial charge < -0.3 is 10.6 Å². The third-order valence-electron chi connectivity index (χ3n) is 4.72. The van der Waals surface area contributed by atoms with E-state index in [1.807, 2.05) is 0 Å². The number of para-hydroxylation sites is 1. The maximum absolute atomic E-state index is 13.8. The molecule has 0 aliphatic heterocycles. The van der Waals surface area contributed by atoms with Gasteiger partial charge in [-0.15, -0.1) is 0 Å². The molecule has 0 aliphatic carbocycles. The summed E-state index contributed by atoms with van der Waals surface area (Å²) in [5.41, 5.74) is 2.86. The maximum Gasteiger partial charge on any atom is 0.328 e. The lowest BCUT2D eigenvalue weighted by Crippen LogP contribution is -2.36. The molecule has 0 aliphatic rings. The first-order chi connectivity index (χ1) is 16.2. The summed E-state index contributed by atoms with van der Waals surface area (Å²) in [7, 11) is 0. The van der Waals surface area contributed by atoms with Crippen LogP contribution in [0.1, 0.15) is 10.5 Å². The van der Waals surface area contributed by atoms with Crippen LogP contribution in [-0.4, -0.2) is 22.4 Å². The van der Waals surface area contributed by atoms with E-state index in [1.165, 1.54) is 36.4 Å². The second-order valence-electron chi connectivity index (χ2n) is 7.02. The lowest BCUT2D eigenvalue weighted by Gasteiger charge is -2.13. The molecular weight excluding hydrogens is 506 g/mol. The van der Waals surface area contributed by atoms with Crippen molar-refractivity contribution in [2.45, 2.75) is 0 Å². The summed E-state index contributed by atoms with van der Waals surface area (Å²) in [4.78, 5) is 38.0. The lowest BCUT2D eigenvalue weighted by molar-refractivity contribution is -0.133. The molecule has 0 saturated heterocycles. The van der Waals surface area contributed by atoms with Gasteiger partial charge in [-0.25, -0.2) is 9.07 Å². The highest BCUT2D eigenvalue weighted by Crippen LogP contribution is 2.27. The number of nitrogens with zero attached hydrogens (tertiary/aromatic N) is 1. The van der Waals surface area contributed by atoms with Crippen molar-refractivity contribution in [2.75, 3.05) is 16.1 Å². The zero-order valence-corrected chi connectivity index (χ0v) is 19.3. The number of aromatic nitrogens is 1. The molecule has 0 saturated carbocycles. The first kappa shape index (κ1) is 23.6. The van der Waals surface area contributed by atoms with E-state index in [2.05, 4.69) is 16.1 Å². The van der Waals surface area contributed by atoms with Crippen LogP contribution in [0.25, 0.3) is 10.9 Å². The minimum Gasteiger partial charge on any atom is -0.319 e. The molecule has 0 bridgehead atoms. The van der Waals surface area contributed by atoms with Gasteiger partial charge in [0.25, 0.3) is 5.91 Å². The van der Waals surface area contributed by atoms with Crippen molar-refractivity contribution in [2.24, 2.45) is 0 Å². The highest BCUT2D eigenvalue weighted by atomic mass is 35.5. The van der Waals surface area contributed by atoms with Crippen molar-refractivity contribution in [1.82, 2.24) is 4.68 Å². The molecule has 34 heavy (non-hydrogen) atoms. The molecule has 0 fully saturated rings. The van der Waals surface area contributed by atoms with Gasteiger partial charge in [0.05, 0.1) is 21.9 Å². The Morgan fingerprint density at radius 2 is 1.47 bits per heavy atom. The van der Waals surface area contributed by atoms with Crippen molar-refractivity contribution in [3.8, 4) is 0 Å². The van der Waals surface area contributed by atoms with Gasteiger partial charge in [0.2, 0.25) is 0 Å². The summed E-state index contributed by atoms with van der Waals surface area (Å²) in [5.74, 6) is -3.60. The van der Waals surface area contributed by atoms with Crippen LogP contribution >= 0.6 is 34.8 Å². The number of rotatable bonds is 4. The number of amides is 3. The molecule has 3 N–H and O–H groups in total. The summed E-state index contributed by atoms with van der Waals surface area (Å²) in [6.45, 7) is 0. The molecule has 3 aromatic carbocycles. The molecule has 0 spiro atoms. The number of anilines is 2. The Kier molecular flexibility index (Phi) is 6.74. The number of nitrogens with one attached hydrogen (secondary N) is 3. The lowest BCUT2D eigenvalue weighted by atomic mass is 10.2. The second kappa shape index (κ2) is 9.72. The second-order valence-corrected chi connectivity index (χ2v) is 8.30. The fourth-order valence-corrected chi connectivity index (χ4v) is 3.78. The number of hydrogen-bond acceptors (Lipinski definition) is 3. The van der Waals surface area contributed by atoms with Crippen LogP contribution in [-0.2, 0) is 9.59 Å². The zero-order chi connectivity index (χ0) is 24.4. The standard InChI is InChI=1S/C23H14Cl3FN4O3/c24-13-6-8-19-12(9-13)10-20(21(32)28-17-7-5-14(25)11-15(17)26)31(19)30-23(34)22(33)29-18-4-2-1-3-16(18)27/h1-11H,(H,28,32)(H,29,33)(H,30,34). The quantitative estimate of drug-likeness (QED) is 0.302. The first-order valence-electron chi connectivity index (χ1n) is 9.67. The molecular formula is C23H14Cl3FN4O3. The number of benzene rings is 3. The van der Waals surface area contributed by atoms with Crippen LogP contribution in [0.5, 0.6) is 0 Å². The largest absolute Gasteiger partial charge is 0.328 e. The van der Waals surface area contributed by atoms with Crippen LogP contribution in [0.3, 0.4) is 0 Å². The third kappa shape index (κ3) is 4.99. The highest BCUT2D eigenvalue weighted by Gasteiger charge is 2.22. The van der Waals surface area contributed by atoms with Gasteiger partial charge in [0.1, 0.15) is 11.5 Å². The van der Waals surface area contributed by atoms with Crippen LogP contribution in [0, 0.1) is 5.82 Å². The number of halogens is 4. The Balaban J connectivity index is 1.65. The molecule has 1 heterocycles. The van der Waals surface area contributed by atoms with E-state index < -0.39 is 23.5 Å². The van der Waals surface area contributed by atoms with Crippen molar-refractivity contribution >= 4 is 74.8 Å². The Labute approximate surface area is 207 Å². The molecule has 0 radical (unpaired) electrons. The Hall–Kier alpha value is -3.59. The van der Waals surface area contributed by atoms with E-state index in [1.54, 1.807) is 24.3 Å². The Morgan fingerprint density at radius 3 is 2.21 bits per heavy atom. The fourth-order valence-electron chi connectivity index (χ4n) is 3.14. The number of hydrogen-bond donors (Lipinski definition) is 3. The van der Waals surface area contributed by atoms with Gasteiger partial charge >= 0.3 is 11.8 Å². The molecule has 0 unspecified atom stereocenters. The van der Waals surface area contributed by atoms with Crippen molar-refractivity contribution < 1.29 is 18.8 Å². The Morgan fingerprint density at radius 1 is 0.765 bits per heavy atom. The molecule has 3 amide bonds. The molecule has 1 aromatic heterocycles. The van der Waals surface area contributed by atoms with E-state index in [4.69, 9.17) is 34.8 Å². The summed E-state index contributed by atoms with van der Waals surface area (Å²) >= 11 is 18.1. The SMILES string of the molecule is O=C(Nc1ccccc1F)C(=O)Nn1c(C(=O)Nc2ccc(Cl)cc2Cl)cc2cc(Cl)ccc21. The number of carbonyl (C=O) groups excluding carboxylic acids is 3. The van der Waals surface area contributed by atoms with E-state index in [-0.39, 0.29) is 22.1 Å². The van der Waals surface area contributed by atoms with Gasteiger partial charge in [-0.2, -0.15) is 0 Å². The molecule has 172 valence electrons. The van der Waals surface area contributed by atoms with E-state index >= 15 is 0 Å². The van der Waals surface area contributed by atoms with E-state index in [0.717, 1.165) is 10.7 Å². The minimum absolute atomic E-state index is 0.0182. The summed E-state index contributed by atoms with van der Waals surface area (Å²) in [6, 6.07) is 16.1. The first-order valence-corrected chi connectivity index (χ1v) is 10.8. The number of fused-ring (bicyclic) bond motifs is 1. The average Bonchev–Trinajstić information content (AvgIpc) is 3.14. The topological polar surface area (TPSA) is 92.2 Å². The zero-order valence-electron chi connectivity index (χ0n) is 17.0. The fraction of sp³-hybridized carbons (Fsp3) is 0. The predicted molar refractivity (Wildman–Crippen MR) is 131 cm³/mol. The third-order valence-corrected chi connectivity index (χ3v) is 5.50. The van der Waals surface area contributed by atoms with Gasteiger partial charge in [-0.1, -0.05) is 46.9 Å². The molecule has 4 aromatic rings. The number of carbonyl (C=O) groups is 3. The maximum atomic E-state index is 13.8. The summed E-state index contributed by atoms with van der Waals surface area (Å²) < 4.78 is 15.0. The van der Waals surface area contributed by atoms with E-state index in [0.29, 0.717) is 20.9 Å². The Bertz CT molecular complexity index is 1450. The highest BCUT2D eigenvalue weighted by molar-refractivity contribution is 6.42. The van der Waals surface area contributed by atoms with Crippen molar-refractivity contribution in [3.05, 3.63) is 93.3 Å². The summed E-state index contributed by atoms with van der Waals surface area (Å²) in [6.07, 6.45) is 0. The van der Waals surface area contributed by atoms with Crippen LogP contribution in [0.4, 0.5) is 15.8 Å². The molecule has 4 rings (SSSR count). The van der Waals surface area contributed by atoms with Gasteiger partial charge in [0, 0.05) is 15.4 Å². The van der Waals surface area contributed by atoms with Crippen LogP contribution < -0.4 is 16.1 Å². The average molecular weight is 520 g/mol. The van der Waals surface area contributed by atoms with E-state index in [9.17, 15) is 18.8 Å². The van der Waals surface area contributed by atoms with Crippen LogP contribution in [0.15, 0.2) is 66.7 Å². The molecule has 11 heteroatoms. The normalized spacial score (nSPS) is 10.7. The van der Waals surface area contributed by atoms with Gasteiger partial charge in [-0.3, -0.25) is 19.8 Å². The molecule has 0 atom stereocenters. The van der Waals surface area contributed by atoms with Crippen molar-refractivity contribution in [3.63, 3.8) is 0 Å². The minimum atomic E-state index is -1.13. The van der Waals surface area contributed by atoms with Crippen molar-refractivity contribution in [1.29, 1.82) is 0 Å². The predicted octanol–water partition coefficient (Wildman–Crippen LogP) is 5.70. The molecule has 7 nitrogen and oxygen atoms in total. The van der Waals surface area contributed by atoms with Gasteiger partial charge in [-0.05, 0) is 54.6 Å². The smallest absolute Gasteiger partial charge is 0.319 e. The summed E-state index contributed by atoms with van der Waals surface area (Å²) in [5, 5.41) is 6.35. The monoisotopic (exact) mass is 518 g/mol. The van der Waals surface area contributed by atoms with Crippen LogP contribution in [0.2, 0.25) is 15.1 Å².